The van der Waals surface area contributed by atoms with Crippen LogP contribution >= 0.6 is 0 Å². The Labute approximate surface area is 103 Å². The van der Waals surface area contributed by atoms with Gasteiger partial charge in [0, 0.05) is 12.0 Å². The van der Waals surface area contributed by atoms with Gasteiger partial charge in [0.2, 0.25) is 0 Å². The van der Waals surface area contributed by atoms with Gasteiger partial charge in [0.05, 0.1) is 0 Å². The third kappa shape index (κ3) is 3.16. The average Bonchev–Trinajstić information content (AvgIpc) is 2.33. The molecule has 1 aromatic carbocycles. The molecule has 1 aliphatic rings. The molecule has 92 valence electrons. The van der Waals surface area contributed by atoms with Gasteiger partial charge in [-0.3, -0.25) is 4.79 Å². The summed E-state index contributed by atoms with van der Waals surface area (Å²) in [5, 5.41) is 3.37. The predicted molar refractivity (Wildman–Crippen MR) is 70.5 cm³/mol. The van der Waals surface area contributed by atoms with Crippen LogP contribution in [0.3, 0.4) is 0 Å². The van der Waals surface area contributed by atoms with Gasteiger partial charge in [-0.15, -0.1) is 0 Å². The minimum atomic E-state index is 0.305. The molecule has 0 amide bonds. The standard InChI is InChI=1S/C15H21NO/c1-11-5-6-12(2)14(8-11)15(17)9-13-4-3-7-16-10-13/h5-6,8,13,16H,3-4,7,9-10H2,1-2H3. The monoisotopic (exact) mass is 231 g/mol. The zero-order valence-corrected chi connectivity index (χ0v) is 10.8. The zero-order chi connectivity index (χ0) is 12.3. The van der Waals surface area contributed by atoms with E-state index < -0.39 is 0 Å². The summed E-state index contributed by atoms with van der Waals surface area (Å²) in [6, 6.07) is 6.13. The third-order valence-electron chi connectivity index (χ3n) is 3.57. The van der Waals surface area contributed by atoms with Crippen LogP contribution in [0.15, 0.2) is 18.2 Å². The van der Waals surface area contributed by atoms with E-state index in [4.69, 9.17) is 0 Å². The Morgan fingerprint density at radius 3 is 2.94 bits per heavy atom. The van der Waals surface area contributed by atoms with Gasteiger partial charge >= 0.3 is 0 Å². The normalized spacial score (nSPS) is 20.2. The number of benzene rings is 1. The van der Waals surface area contributed by atoms with E-state index in [0.29, 0.717) is 18.1 Å². The van der Waals surface area contributed by atoms with Crippen molar-refractivity contribution in [3.05, 3.63) is 34.9 Å². The van der Waals surface area contributed by atoms with Gasteiger partial charge in [0.1, 0.15) is 0 Å². The van der Waals surface area contributed by atoms with Crippen LogP contribution in [0.1, 0.15) is 40.7 Å². The Morgan fingerprint density at radius 1 is 1.41 bits per heavy atom. The Morgan fingerprint density at radius 2 is 2.24 bits per heavy atom. The molecule has 0 aromatic heterocycles. The first-order valence-corrected chi connectivity index (χ1v) is 6.48. The fraction of sp³-hybridized carbons (Fsp3) is 0.533. The minimum absolute atomic E-state index is 0.305. The highest BCUT2D eigenvalue weighted by molar-refractivity contribution is 5.97. The van der Waals surface area contributed by atoms with Crippen LogP contribution in [-0.2, 0) is 0 Å². The molecule has 2 rings (SSSR count). The van der Waals surface area contributed by atoms with Crippen molar-refractivity contribution in [3.63, 3.8) is 0 Å². The van der Waals surface area contributed by atoms with Crippen LogP contribution in [-0.4, -0.2) is 18.9 Å². The topological polar surface area (TPSA) is 29.1 Å². The van der Waals surface area contributed by atoms with Crippen LogP contribution in [0.2, 0.25) is 0 Å². The number of rotatable bonds is 3. The summed E-state index contributed by atoms with van der Waals surface area (Å²) in [5.41, 5.74) is 3.18. The summed E-state index contributed by atoms with van der Waals surface area (Å²) in [5.74, 6) is 0.830. The van der Waals surface area contributed by atoms with E-state index >= 15 is 0 Å². The van der Waals surface area contributed by atoms with E-state index in [1.54, 1.807) is 0 Å². The highest BCUT2D eigenvalue weighted by Crippen LogP contribution is 2.19. The first-order chi connectivity index (χ1) is 8.16. The summed E-state index contributed by atoms with van der Waals surface area (Å²) >= 11 is 0. The smallest absolute Gasteiger partial charge is 0.163 e. The number of ketones is 1. The molecule has 1 aliphatic heterocycles. The molecule has 0 bridgehead atoms. The van der Waals surface area contributed by atoms with Gasteiger partial charge in [-0.1, -0.05) is 17.7 Å². The molecular weight excluding hydrogens is 210 g/mol. The van der Waals surface area contributed by atoms with E-state index in [0.717, 1.165) is 24.2 Å². The van der Waals surface area contributed by atoms with Crippen molar-refractivity contribution >= 4 is 5.78 Å². The molecule has 0 radical (unpaired) electrons. The van der Waals surface area contributed by atoms with Crippen molar-refractivity contribution in [1.29, 1.82) is 0 Å². The SMILES string of the molecule is Cc1ccc(C)c(C(=O)CC2CCCNC2)c1. The van der Waals surface area contributed by atoms with Gasteiger partial charge in [-0.05, 0) is 57.3 Å². The molecule has 2 heteroatoms. The van der Waals surface area contributed by atoms with Crippen molar-refractivity contribution < 1.29 is 4.79 Å². The van der Waals surface area contributed by atoms with Crippen LogP contribution in [0, 0.1) is 19.8 Å². The number of carbonyl (C=O) groups excluding carboxylic acids is 1. The number of piperidine rings is 1. The number of carbonyl (C=O) groups is 1. The lowest BCUT2D eigenvalue weighted by molar-refractivity contribution is 0.0953. The van der Waals surface area contributed by atoms with E-state index in [1.165, 1.54) is 18.4 Å². The Hall–Kier alpha value is -1.15. The number of nitrogens with one attached hydrogen (secondary N) is 1. The van der Waals surface area contributed by atoms with E-state index in [9.17, 15) is 4.79 Å². The molecule has 1 atom stereocenters. The molecule has 0 spiro atoms. The molecule has 0 aliphatic carbocycles. The van der Waals surface area contributed by atoms with Crippen LogP contribution in [0.25, 0.3) is 0 Å². The molecular formula is C15H21NO. The lowest BCUT2D eigenvalue weighted by Gasteiger charge is -2.22. The van der Waals surface area contributed by atoms with Gasteiger partial charge in [0.15, 0.2) is 5.78 Å². The first-order valence-electron chi connectivity index (χ1n) is 6.48. The zero-order valence-electron chi connectivity index (χ0n) is 10.8. The molecule has 1 unspecified atom stereocenters. The Balaban J connectivity index is 2.05. The Bertz CT molecular complexity index is 405. The summed E-state index contributed by atoms with van der Waals surface area (Å²) in [7, 11) is 0. The first kappa shape index (κ1) is 12.3. The second-order valence-electron chi connectivity index (χ2n) is 5.16. The van der Waals surface area contributed by atoms with Gasteiger partial charge in [-0.2, -0.15) is 0 Å². The fourth-order valence-corrected chi connectivity index (χ4v) is 2.51. The Kier molecular flexibility index (Phi) is 3.95. The van der Waals surface area contributed by atoms with Gasteiger partial charge in [-0.25, -0.2) is 0 Å². The lowest BCUT2D eigenvalue weighted by atomic mass is 9.90. The van der Waals surface area contributed by atoms with Crippen molar-refractivity contribution in [3.8, 4) is 0 Å². The van der Waals surface area contributed by atoms with Crippen LogP contribution < -0.4 is 5.32 Å². The van der Waals surface area contributed by atoms with Crippen LogP contribution in [0.4, 0.5) is 0 Å². The minimum Gasteiger partial charge on any atom is -0.316 e. The van der Waals surface area contributed by atoms with Gasteiger partial charge < -0.3 is 5.32 Å². The summed E-state index contributed by atoms with van der Waals surface area (Å²) in [4.78, 5) is 12.3. The van der Waals surface area contributed by atoms with E-state index in [-0.39, 0.29) is 0 Å². The maximum Gasteiger partial charge on any atom is 0.163 e. The largest absolute Gasteiger partial charge is 0.316 e. The molecule has 2 nitrogen and oxygen atoms in total. The van der Waals surface area contributed by atoms with Gasteiger partial charge in [0.25, 0.3) is 0 Å². The van der Waals surface area contributed by atoms with Crippen molar-refractivity contribution in [2.75, 3.05) is 13.1 Å². The average molecular weight is 231 g/mol. The second-order valence-corrected chi connectivity index (χ2v) is 5.16. The van der Waals surface area contributed by atoms with E-state index in [1.807, 2.05) is 26.0 Å². The highest BCUT2D eigenvalue weighted by Gasteiger charge is 2.18. The van der Waals surface area contributed by atoms with Crippen molar-refractivity contribution in [1.82, 2.24) is 5.32 Å². The number of aryl methyl sites for hydroxylation is 2. The quantitative estimate of drug-likeness (QED) is 0.810. The fourth-order valence-electron chi connectivity index (χ4n) is 2.51. The summed E-state index contributed by atoms with van der Waals surface area (Å²) in [6.07, 6.45) is 3.08. The molecule has 1 saturated heterocycles. The van der Waals surface area contributed by atoms with Crippen LogP contribution in [0.5, 0.6) is 0 Å². The number of Topliss-reactive ketones (excluding diaryl/α,β-unsaturated/α-hetero) is 1. The lowest BCUT2D eigenvalue weighted by Crippen LogP contribution is -2.31. The summed E-state index contributed by atoms with van der Waals surface area (Å²) < 4.78 is 0. The second kappa shape index (κ2) is 5.46. The molecule has 0 saturated carbocycles. The number of hydrogen-bond acceptors (Lipinski definition) is 2. The maximum absolute atomic E-state index is 12.3. The predicted octanol–water partition coefficient (Wildman–Crippen LogP) is 2.88. The molecule has 1 aromatic rings. The molecule has 1 fully saturated rings. The molecule has 17 heavy (non-hydrogen) atoms. The number of hydrogen-bond donors (Lipinski definition) is 1. The third-order valence-corrected chi connectivity index (χ3v) is 3.57. The maximum atomic E-state index is 12.3. The molecule has 1 heterocycles. The molecule has 1 N–H and O–H groups in total. The summed E-state index contributed by atoms with van der Waals surface area (Å²) in [6.45, 7) is 6.16. The van der Waals surface area contributed by atoms with Crippen molar-refractivity contribution in [2.45, 2.75) is 33.1 Å². The van der Waals surface area contributed by atoms with Crippen molar-refractivity contribution in [2.24, 2.45) is 5.92 Å². The van der Waals surface area contributed by atoms with E-state index in [2.05, 4.69) is 11.4 Å². The highest BCUT2D eigenvalue weighted by atomic mass is 16.1.